The number of piperazine rings is 1. The standard InChI is InChI=1S/C12H21N3O4/c1-8(2)9(6-11(17)18)13-12(19)15-5-4-14(3)10(16)7-15/h8-9H,4-7H2,1-3H3,(H,13,19)(H,17,18). The van der Waals surface area contributed by atoms with E-state index in [2.05, 4.69) is 5.32 Å². The van der Waals surface area contributed by atoms with Crippen molar-refractivity contribution < 1.29 is 19.5 Å². The lowest BCUT2D eigenvalue weighted by Crippen LogP contribution is -2.55. The van der Waals surface area contributed by atoms with Crippen LogP contribution in [0.5, 0.6) is 0 Å². The summed E-state index contributed by atoms with van der Waals surface area (Å²) in [5.41, 5.74) is 0. The zero-order valence-electron chi connectivity index (χ0n) is 11.5. The number of rotatable bonds is 4. The SMILES string of the molecule is CC(C)C(CC(=O)O)NC(=O)N1CCN(C)C(=O)C1. The fourth-order valence-corrected chi connectivity index (χ4v) is 1.82. The van der Waals surface area contributed by atoms with Gasteiger partial charge < -0.3 is 20.2 Å². The molecule has 1 rings (SSSR count). The van der Waals surface area contributed by atoms with Gasteiger partial charge in [-0.3, -0.25) is 9.59 Å². The largest absolute Gasteiger partial charge is 0.481 e. The van der Waals surface area contributed by atoms with E-state index < -0.39 is 12.0 Å². The summed E-state index contributed by atoms with van der Waals surface area (Å²) in [6.45, 7) is 4.70. The Morgan fingerprint density at radius 1 is 1.37 bits per heavy atom. The van der Waals surface area contributed by atoms with Crippen LogP contribution in [0.15, 0.2) is 0 Å². The minimum Gasteiger partial charge on any atom is -0.481 e. The summed E-state index contributed by atoms with van der Waals surface area (Å²) in [5.74, 6) is -1.04. The van der Waals surface area contributed by atoms with Crippen LogP contribution in [-0.2, 0) is 9.59 Å². The Hall–Kier alpha value is -1.79. The molecule has 1 fully saturated rings. The van der Waals surface area contributed by atoms with Crippen molar-refractivity contribution >= 4 is 17.9 Å². The second-order valence-electron chi connectivity index (χ2n) is 5.13. The van der Waals surface area contributed by atoms with Gasteiger partial charge in [0.25, 0.3) is 0 Å². The predicted octanol–water partition coefficient (Wildman–Crippen LogP) is -0.0307. The minimum absolute atomic E-state index is 0.0169. The summed E-state index contributed by atoms with van der Waals surface area (Å²) in [5, 5.41) is 11.5. The Bertz CT molecular complexity index is 370. The molecule has 0 aromatic heterocycles. The molecular weight excluding hydrogens is 250 g/mol. The topological polar surface area (TPSA) is 89.9 Å². The van der Waals surface area contributed by atoms with E-state index in [9.17, 15) is 14.4 Å². The highest BCUT2D eigenvalue weighted by Crippen LogP contribution is 2.08. The zero-order valence-corrected chi connectivity index (χ0v) is 11.5. The average molecular weight is 271 g/mol. The number of likely N-dealkylation sites (N-methyl/N-ethyl adjacent to an activating group) is 1. The van der Waals surface area contributed by atoms with Gasteiger partial charge in [0, 0.05) is 26.2 Å². The van der Waals surface area contributed by atoms with Gasteiger partial charge in [0.15, 0.2) is 0 Å². The lowest BCUT2D eigenvalue weighted by molar-refractivity contribution is -0.138. The van der Waals surface area contributed by atoms with Crippen LogP contribution >= 0.6 is 0 Å². The first-order valence-electron chi connectivity index (χ1n) is 6.32. The number of hydrogen-bond acceptors (Lipinski definition) is 3. The number of aliphatic carboxylic acids is 1. The third-order valence-electron chi connectivity index (χ3n) is 3.25. The molecule has 1 saturated heterocycles. The van der Waals surface area contributed by atoms with Crippen molar-refractivity contribution in [3.63, 3.8) is 0 Å². The van der Waals surface area contributed by atoms with Crippen LogP contribution in [0.1, 0.15) is 20.3 Å². The van der Waals surface area contributed by atoms with E-state index in [1.165, 1.54) is 4.90 Å². The van der Waals surface area contributed by atoms with E-state index >= 15 is 0 Å². The molecule has 0 aromatic rings. The van der Waals surface area contributed by atoms with Gasteiger partial charge in [-0.1, -0.05) is 13.8 Å². The van der Waals surface area contributed by atoms with E-state index in [4.69, 9.17) is 5.11 Å². The zero-order chi connectivity index (χ0) is 14.6. The summed E-state index contributed by atoms with van der Waals surface area (Å²) < 4.78 is 0. The van der Waals surface area contributed by atoms with Crippen LogP contribution in [-0.4, -0.2) is 65.5 Å². The first kappa shape index (κ1) is 15.3. The Morgan fingerprint density at radius 2 is 2.00 bits per heavy atom. The van der Waals surface area contributed by atoms with E-state index in [-0.39, 0.29) is 30.8 Å². The number of carboxylic acid groups (broad SMARTS) is 1. The average Bonchev–Trinajstić information content (AvgIpc) is 2.31. The van der Waals surface area contributed by atoms with Gasteiger partial charge in [-0.2, -0.15) is 0 Å². The number of carboxylic acids is 1. The van der Waals surface area contributed by atoms with Crippen molar-refractivity contribution in [1.29, 1.82) is 0 Å². The molecule has 1 aliphatic heterocycles. The van der Waals surface area contributed by atoms with E-state index in [0.29, 0.717) is 13.1 Å². The first-order valence-corrected chi connectivity index (χ1v) is 6.32. The minimum atomic E-state index is -0.951. The van der Waals surface area contributed by atoms with Crippen molar-refractivity contribution in [3.05, 3.63) is 0 Å². The van der Waals surface area contributed by atoms with Crippen molar-refractivity contribution in [2.24, 2.45) is 5.92 Å². The molecule has 1 heterocycles. The summed E-state index contributed by atoms with van der Waals surface area (Å²) in [4.78, 5) is 37.2. The van der Waals surface area contributed by atoms with E-state index in [1.54, 1.807) is 11.9 Å². The molecule has 1 unspecified atom stereocenters. The molecule has 0 saturated carbocycles. The summed E-state index contributed by atoms with van der Waals surface area (Å²) >= 11 is 0. The maximum atomic E-state index is 12.0. The lowest BCUT2D eigenvalue weighted by Gasteiger charge is -2.33. The highest BCUT2D eigenvalue weighted by molar-refractivity contribution is 5.85. The van der Waals surface area contributed by atoms with Gasteiger partial charge in [0.2, 0.25) is 5.91 Å². The van der Waals surface area contributed by atoms with Gasteiger partial charge in [-0.05, 0) is 5.92 Å². The van der Waals surface area contributed by atoms with Crippen LogP contribution in [0.4, 0.5) is 4.79 Å². The Labute approximate surface area is 112 Å². The molecule has 1 atom stereocenters. The molecule has 1 aliphatic rings. The molecule has 0 spiro atoms. The van der Waals surface area contributed by atoms with Gasteiger partial charge >= 0.3 is 12.0 Å². The number of nitrogens with one attached hydrogen (secondary N) is 1. The van der Waals surface area contributed by atoms with E-state index in [0.717, 1.165) is 0 Å². The van der Waals surface area contributed by atoms with Crippen LogP contribution in [0.3, 0.4) is 0 Å². The van der Waals surface area contributed by atoms with Gasteiger partial charge in [-0.25, -0.2) is 4.79 Å². The van der Waals surface area contributed by atoms with Crippen LogP contribution in [0.2, 0.25) is 0 Å². The third-order valence-corrected chi connectivity index (χ3v) is 3.25. The highest BCUT2D eigenvalue weighted by Gasteiger charge is 2.27. The fourth-order valence-electron chi connectivity index (χ4n) is 1.82. The quantitative estimate of drug-likeness (QED) is 0.751. The molecule has 0 radical (unpaired) electrons. The second kappa shape index (κ2) is 6.40. The monoisotopic (exact) mass is 271 g/mol. The van der Waals surface area contributed by atoms with Gasteiger partial charge in [-0.15, -0.1) is 0 Å². The predicted molar refractivity (Wildman–Crippen MR) is 68.6 cm³/mol. The van der Waals surface area contributed by atoms with Crippen LogP contribution in [0.25, 0.3) is 0 Å². The second-order valence-corrected chi connectivity index (χ2v) is 5.13. The molecule has 0 aliphatic carbocycles. The number of amides is 3. The van der Waals surface area contributed by atoms with Gasteiger partial charge in [0.05, 0.1) is 6.42 Å². The Morgan fingerprint density at radius 3 is 2.47 bits per heavy atom. The molecule has 0 bridgehead atoms. The summed E-state index contributed by atoms with van der Waals surface area (Å²) in [6, 6.07) is -0.804. The normalized spacial score (nSPS) is 17.6. The fraction of sp³-hybridized carbons (Fsp3) is 0.750. The van der Waals surface area contributed by atoms with Crippen molar-refractivity contribution in [3.8, 4) is 0 Å². The molecule has 0 aromatic carbocycles. The smallest absolute Gasteiger partial charge is 0.318 e. The van der Waals surface area contributed by atoms with Crippen molar-refractivity contribution in [2.45, 2.75) is 26.3 Å². The van der Waals surface area contributed by atoms with Crippen molar-refractivity contribution in [1.82, 2.24) is 15.1 Å². The maximum Gasteiger partial charge on any atom is 0.318 e. The molecular formula is C12H21N3O4. The highest BCUT2D eigenvalue weighted by atomic mass is 16.4. The van der Waals surface area contributed by atoms with Crippen LogP contribution in [0, 0.1) is 5.92 Å². The van der Waals surface area contributed by atoms with E-state index in [1.807, 2.05) is 13.8 Å². The van der Waals surface area contributed by atoms with Gasteiger partial charge in [0.1, 0.15) is 6.54 Å². The molecule has 3 amide bonds. The number of carbonyl (C=O) groups excluding carboxylic acids is 2. The number of urea groups is 1. The van der Waals surface area contributed by atoms with Crippen LogP contribution < -0.4 is 5.32 Å². The Kier molecular flexibility index (Phi) is 5.14. The number of hydrogen-bond donors (Lipinski definition) is 2. The molecule has 108 valence electrons. The lowest BCUT2D eigenvalue weighted by atomic mass is 10.0. The molecule has 7 heteroatoms. The van der Waals surface area contributed by atoms with Crippen molar-refractivity contribution in [2.75, 3.05) is 26.7 Å². The maximum absolute atomic E-state index is 12.0. The summed E-state index contributed by atoms with van der Waals surface area (Å²) in [6.07, 6.45) is -0.120. The third kappa shape index (κ3) is 4.42. The summed E-state index contributed by atoms with van der Waals surface area (Å²) in [7, 11) is 1.69. The number of nitrogens with zero attached hydrogens (tertiary/aromatic N) is 2. The Balaban J connectivity index is 2.57. The first-order chi connectivity index (χ1) is 8.81. The molecule has 2 N–H and O–H groups in total. The molecule has 19 heavy (non-hydrogen) atoms. The molecule has 7 nitrogen and oxygen atoms in total. The number of carbonyl (C=O) groups is 3.